The van der Waals surface area contributed by atoms with Gasteiger partial charge in [0.05, 0.1) is 5.69 Å². The van der Waals surface area contributed by atoms with E-state index in [-0.39, 0.29) is 17.5 Å². The number of carbonyl (C=O) groups is 2. The molecule has 29 heavy (non-hydrogen) atoms. The van der Waals surface area contributed by atoms with Crippen molar-refractivity contribution >= 4 is 29.5 Å². The summed E-state index contributed by atoms with van der Waals surface area (Å²) in [6.45, 7) is 3.39. The second kappa shape index (κ2) is 7.51. The van der Waals surface area contributed by atoms with E-state index in [0.29, 0.717) is 11.3 Å². The van der Waals surface area contributed by atoms with Crippen LogP contribution in [0.25, 0.3) is 11.8 Å². The number of esters is 1. The predicted molar refractivity (Wildman–Crippen MR) is 107 cm³/mol. The fraction of sp³-hybridized carbons (Fsp3) is 0.0952. The van der Waals surface area contributed by atoms with Crippen LogP contribution in [0, 0.1) is 6.92 Å². The molecule has 0 saturated heterocycles. The summed E-state index contributed by atoms with van der Waals surface area (Å²) in [5.74, 6) is -0.437. The first kappa shape index (κ1) is 18.3. The highest BCUT2D eigenvalue weighted by Crippen LogP contribution is 2.22. The third kappa shape index (κ3) is 3.96. The number of nitrogens with zero attached hydrogens (tertiary/aromatic N) is 4. The van der Waals surface area contributed by atoms with Crippen molar-refractivity contribution in [2.45, 2.75) is 13.8 Å². The second-order valence-corrected chi connectivity index (χ2v) is 6.48. The largest absolute Gasteiger partial charge is 0.402 e. The molecule has 1 aliphatic rings. The first-order chi connectivity index (χ1) is 14.0. The zero-order valence-corrected chi connectivity index (χ0v) is 15.8. The van der Waals surface area contributed by atoms with Gasteiger partial charge >= 0.3 is 5.97 Å². The van der Waals surface area contributed by atoms with Gasteiger partial charge in [-0.3, -0.25) is 4.79 Å². The van der Waals surface area contributed by atoms with E-state index in [4.69, 9.17) is 4.74 Å². The molecule has 8 nitrogen and oxygen atoms in total. The van der Waals surface area contributed by atoms with E-state index in [9.17, 15) is 9.59 Å². The predicted octanol–water partition coefficient (Wildman–Crippen LogP) is 2.88. The average molecular weight is 387 g/mol. The summed E-state index contributed by atoms with van der Waals surface area (Å²) in [6.07, 6.45) is 4.78. The van der Waals surface area contributed by atoms with Crippen molar-refractivity contribution in [3.8, 4) is 5.69 Å². The highest BCUT2D eigenvalue weighted by atomic mass is 16.6. The molecule has 8 heteroatoms. The first-order valence-electron chi connectivity index (χ1n) is 8.86. The molecule has 3 aromatic rings. The van der Waals surface area contributed by atoms with E-state index in [1.165, 1.54) is 13.3 Å². The molecule has 1 aromatic heterocycles. The molecule has 144 valence electrons. The van der Waals surface area contributed by atoms with Gasteiger partial charge in [-0.25, -0.2) is 19.5 Å². The highest BCUT2D eigenvalue weighted by molar-refractivity contribution is 6.13. The number of carbonyl (C=O) groups excluding carboxylic acids is 2. The van der Waals surface area contributed by atoms with Crippen molar-refractivity contribution in [2.75, 3.05) is 5.32 Å². The molecule has 0 unspecified atom stereocenters. The van der Waals surface area contributed by atoms with Crippen LogP contribution in [0.2, 0.25) is 0 Å². The van der Waals surface area contributed by atoms with E-state index in [0.717, 1.165) is 16.8 Å². The molecule has 0 bridgehead atoms. The Hall–Kier alpha value is -4.07. The maximum absolute atomic E-state index is 12.2. The van der Waals surface area contributed by atoms with Crippen molar-refractivity contribution < 1.29 is 14.3 Å². The molecule has 1 N–H and O–H groups in total. The highest BCUT2D eigenvalue weighted by Gasteiger charge is 2.24. The van der Waals surface area contributed by atoms with E-state index >= 15 is 0 Å². The molecule has 1 aliphatic heterocycles. The molecule has 2 heterocycles. The van der Waals surface area contributed by atoms with Gasteiger partial charge < -0.3 is 10.1 Å². The van der Waals surface area contributed by atoms with Gasteiger partial charge in [-0.05, 0) is 60.5 Å². The van der Waals surface area contributed by atoms with Gasteiger partial charge in [-0.15, -0.1) is 0 Å². The lowest BCUT2D eigenvalue weighted by Gasteiger charge is -2.06. The van der Waals surface area contributed by atoms with Gasteiger partial charge in [-0.2, -0.15) is 5.10 Å². The van der Waals surface area contributed by atoms with Crippen LogP contribution < -0.4 is 5.32 Å². The Labute approximate surface area is 166 Å². The van der Waals surface area contributed by atoms with Gasteiger partial charge in [0.25, 0.3) is 0 Å². The van der Waals surface area contributed by atoms with E-state index in [1.807, 2.05) is 25.1 Å². The number of anilines is 1. The molecule has 0 aliphatic carbocycles. The van der Waals surface area contributed by atoms with Gasteiger partial charge in [0.15, 0.2) is 5.70 Å². The summed E-state index contributed by atoms with van der Waals surface area (Å²) in [4.78, 5) is 31.6. The Morgan fingerprint density at radius 1 is 1.17 bits per heavy atom. The number of hydrogen-bond donors (Lipinski definition) is 1. The molecule has 1 amide bonds. The van der Waals surface area contributed by atoms with Crippen molar-refractivity contribution in [3.63, 3.8) is 0 Å². The Morgan fingerprint density at radius 2 is 1.97 bits per heavy atom. The molecule has 0 saturated carbocycles. The zero-order chi connectivity index (χ0) is 20.4. The molecule has 0 atom stereocenters. The standard InChI is InChI=1S/C21H17N5O3/c1-13-9-15(3-8-19(13)26-12-22-11-23-26)10-18-21(28)29-20(25-18)16-4-6-17(7-5-16)24-14(2)27/h3-12H,1-2H3,(H,24,27). The average Bonchev–Trinajstić information content (AvgIpc) is 3.33. The van der Waals surface area contributed by atoms with Crippen molar-refractivity contribution in [1.29, 1.82) is 0 Å². The van der Waals surface area contributed by atoms with E-state index in [1.54, 1.807) is 41.4 Å². The molecular formula is C21H17N5O3. The molecule has 4 rings (SSSR count). The van der Waals surface area contributed by atoms with Crippen molar-refractivity contribution in [3.05, 3.63) is 77.5 Å². The fourth-order valence-electron chi connectivity index (χ4n) is 2.95. The maximum atomic E-state index is 12.2. The van der Waals surface area contributed by atoms with Crippen LogP contribution in [0.15, 0.2) is 65.8 Å². The second-order valence-electron chi connectivity index (χ2n) is 6.48. The summed E-state index contributed by atoms with van der Waals surface area (Å²) in [5, 5.41) is 6.81. The number of aromatic nitrogens is 3. The lowest BCUT2D eigenvalue weighted by atomic mass is 10.1. The molecule has 0 fully saturated rings. The summed E-state index contributed by atoms with van der Waals surface area (Å²) in [6, 6.07) is 12.6. The summed E-state index contributed by atoms with van der Waals surface area (Å²) >= 11 is 0. The minimum Gasteiger partial charge on any atom is -0.402 e. The van der Waals surface area contributed by atoms with Crippen LogP contribution in [0.4, 0.5) is 5.69 Å². The normalized spacial score (nSPS) is 14.6. The first-order valence-corrected chi connectivity index (χ1v) is 8.86. The summed E-state index contributed by atoms with van der Waals surface area (Å²) < 4.78 is 6.98. The summed E-state index contributed by atoms with van der Waals surface area (Å²) in [7, 11) is 0. The molecule has 2 aromatic carbocycles. The molecule has 0 spiro atoms. The number of rotatable bonds is 4. The monoisotopic (exact) mass is 387 g/mol. The number of hydrogen-bond acceptors (Lipinski definition) is 6. The molecular weight excluding hydrogens is 370 g/mol. The number of benzene rings is 2. The van der Waals surface area contributed by atoms with Gasteiger partial charge in [0.2, 0.25) is 11.8 Å². The summed E-state index contributed by atoms with van der Waals surface area (Å²) in [5.41, 5.74) is 4.23. The lowest BCUT2D eigenvalue weighted by Crippen LogP contribution is -2.07. The number of nitrogens with one attached hydrogen (secondary N) is 1. The zero-order valence-electron chi connectivity index (χ0n) is 15.8. The van der Waals surface area contributed by atoms with Gasteiger partial charge in [0, 0.05) is 18.2 Å². The lowest BCUT2D eigenvalue weighted by molar-refractivity contribution is -0.129. The smallest absolute Gasteiger partial charge is 0.363 e. The third-order valence-electron chi connectivity index (χ3n) is 4.26. The van der Waals surface area contributed by atoms with Crippen molar-refractivity contribution in [2.24, 2.45) is 4.99 Å². The fourth-order valence-corrected chi connectivity index (χ4v) is 2.95. The van der Waals surface area contributed by atoms with Gasteiger partial charge in [0.1, 0.15) is 12.7 Å². The van der Waals surface area contributed by atoms with E-state index in [2.05, 4.69) is 20.4 Å². The Bertz CT molecular complexity index is 1150. The maximum Gasteiger partial charge on any atom is 0.363 e. The number of ether oxygens (including phenoxy) is 1. The number of aryl methyl sites for hydroxylation is 1. The number of cyclic esters (lactones) is 1. The van der Waals surface area contributed by atoms with Crippen LogP contribution >= 0.6 is 0 Å². The van der Waals surface area contributed by atoms with Crippen LogP contribution in [-0.2, 0) is 14.3 Å². The minimum absolute atomic E-state index is 0.155. The van der Waals surface area contributed by atoms with Crippen LogP contribution in [-0.4, -0.2) is 32.5 Å². The Morgan fingerprint density at radius 3 is 2.62 bits per heavy atom. The van der Waals surface area contributed by atoms with Crippen LogP contribution in [0.5, 0.6) is 0 Å². The van der Waals surface area contributed by atoms with Crippen LogP contribution in [0.3, 0.4) is 0 Å². The SMILES string of the molecule is CC(=O)Nc1ccc(C2=NC(=Cc3ccc(-n4cncn4)c(C)c3)C(=O)O2)cc1. The number of aliphatic imine (C=N–C) groups is 1. The van der Waals surface area contributed by atoms with E-state index < -0.39 is 5.97 Å². The van der Waals surface area contributed by atoms with Gasteiger partial charge in [-0.1, -0.05) is 6.07 Å². The van der Waals surface area contributed by atoms with Crippen molar-refractivity contribution in [1.82, 2.24) is 14.8 Å². The Kier molecular flexibility index (Phi) is 4.74. The molecule has 0 radical (unpaired) electrons. The topological polar surface area (TPSA) is 98.5 Å². The number of amides is 1. The van der Waals surface area contributed by atoms with Crippen LogP contribution in [0.1, 0.15) is 23.6 Å². The third-order valence-corrected chi connectivity index (χ3v) is 4.26. The minimum atomic E-state index is -0.510. The Balaban J connectivity index is 1.58. The quantitative estimate of drug-likeness (QED) is 0.548.